The highest BCUT2D eigenvalue weighted by Gasteiger charge is 2.48. The molecule has 0 saturated carbocycles. The van der Waals surface area contributed by atoms with Gasteiger partial charge in [0.1, 0.15) is 12.1 Å². The van der Waals surface area contributed by atoms with Crippen LogP contribution in [0.2, 0.25) is 0 Å². The molecule has 4 aromatic carbocycles. The van der Waals surface area contributed by atoms with Crippen LogP contribution in [-0.2, 0) is 20.8 Å². The molecule has 51 heavy (non-hydrogen) atoms. The van der Waals surface area contributed by atoms with E-state index in [9.17, 15) is 19.2 Å². The van der Waals surface area contributed by atoms with Crippen LogP contribution < -0.4 is 21.3 Å². The van der Waals surface area contributed by atoms with Gasteiger partial charge < -0.3 is 26.2 Å². The molecule has 0 spiro atoms. The Labute approximate surface area is 300 Å². The van der Waals surface area contributed by atoms with E-state index < -0.39 is 18.1 Å². The minimum absolute atomic E-state index is 0.118. The zero-order valence-corrected chi connectivity index (χ0v) is 29.0. The minimum Gasteiger partial charge on any atom is -0.352 e. The summed E-state index contributed by atoms with van der Waals surface area (Å²) in [6.07, 6.45) is 3.59. The molecule has 4 amide bonds. The van der Waals surface area contributed by atoms with Gasteiger partial charge in [0, 0.05) is 18.2 Å². The quantitative estimate of drug-likeness (QED) is 0.161. The van der Waals surface area contributed by atoms with Gasteiger partial charge in [-0.3, -0.25) is 19.2 Å². The Kier molecular flexibility index (Phi) is 11.9. The van der Waals surface area contributed by atoms with E-state index in [1.54, 1.807) is 24.1 Å². The number of amides is 4. The number of hydrogen-bond donors (Lipinski definition) is 4. The summed E-state index contributed by atoms with van der Waals surface area (Å²) in [6, 6.07) is 35.9. The van der Waals surface area contributed by atoms with E-state index in [2.05, 4.69) is 21.3 Å². The van der Waals surface area contributed by atoms with E-state index >= 15 is 0 Å². The van der Waals surface area contributed by atoms with E-state index in [1.807, 2.05) is 109 Å². The number of benzene rings is 4. The summed E-state index contributed by atoms with van der Waals surface area (Å²) in [5.41, 5.74) is 3.47. The largest absolute Gasteiger partial charge is 0.352 e. The molecule has 264 valence electrons. The van der Waals surface area contributed by atoms with Crippen molar-refractivity contribution in [3.05, 3.63) is 144 Å². The topological polar surface area (TPSA) is 120 Å². The molecular formula is C42H47N5O4. The summed E-state index contributed by atoms with van der Waals surface area (Å²) in [6.45, 7) is 0.349. The van der Waals surface area contributed by atoms with Crippen LogP contribution in [0.15, 0.2) is 121 Å². The Morgan fingerprint density at radius 3 is 1.92 bits per heavy atom. The fourth-order valence-electron chi connectivity index (χ4n) is 7.56. The van der Waals surface area contributed by atoms with Crippen LogP contribution in [0, 0.1) is 5.92 Å². The lowest BCUT2D eigenvalue weighted by atomic mass is 9.89. The van der Waals surface area contributed by atoms with Crippen molar-refractivity contribution in [2.75, 3.05) is 13.6 Å². The number of fused-ring (bicyclic) bond motifs is 1. The van der Waals surface area contributed by atoms with Gasteiger partial charge >= 0.3 is 0 Å². The maximum absolute atomic E-state index is 14.7. The number of rotatable bonds is 13. The van der Waals surface area contributed by atoms with Gasteiger partial charge in [-0.2, -0.15) is 0 Å². The number of carbonyl (C=O) groups excluding carboxylic acids is 4. The van der Waals surface area contributed by atoms with Gasteiger partial charge in [0.2, 0.25) is 17.7 Å². The van der Waals surface area contributed by atoms with Gasteiger partial charge in [0.15, 0.2) is 0 Å². The highest BCUT2D eigenvalue weighted by atomic mass is 16.2. The standard InChI is InChI=1S/C42H47N5O4/c1-43-35(28-29-14-6-2-7-15-29)40(49)46-38-32(26-27-44-39(48)33-20-12-5-13-21-33)22-23-34-24-25-36(47(34)42(38)51)41(50)45-37(30-16-8-3-9-17-30)31-18-10-4-11-19-31/h2-21,32,34-38,43H,22-28H2,1H3,(H,44,48)(H,45,50)(H,46,49)/t32-,34+,35-,36+,38+/m1/s1. The Morgan fingerprint density at radius 1 is 0.745 bits per heavy atom. The van der Waals surface area contributed by atoms with Gasteiger partial charge in [-0.05, 0) is 80.3 Å². The van der Waals surface area contributed by atoms with Gasteiger partial charge in [0.25, 0.3) is 5.91 Å². The van der Waals surface area contributed by atoms with Crippen LogP contribution in [0.3, 0.4) is 0 Å². The number of carbonyl (C=O) groups is 4. The molecule has 6 rings (SSSR count). The third kappa shape index (κ3) is 8.72. The average Bonchev–Trinajstić information content (AvgIpc) is 3.56. The molecular weight excluding hydrogens is 638 g/mol. The molecule has 5 atom stereocenters. The van der Waals surface area contributed by atoms with Crippen molar-refractivity contribution in [1.29, 1.82) is 0 Å². The van der Waals surface area contributed by atoms with E-state index in [1.165, 1.54) is 0 Å². The Morgan fingerprint density at radius 2 is 1.31 bits per heavy atom. The first-order valence-electron chi connectivity index (χ1n) is 18.0. The minimum atomic E-state index is -0.852. The summed E-state index contributed by atoms with van der Waals surface area (Å²) >= 11 is 0. The highest BCUT2D eigenvalue weighted by molar-refractivity contribution is 5.95. The Hall–Kier alpha value is -5.28. The summed E-state index contributed by atoms with van der Waals surface area (Å²) < 4.78 is 0. The van der Waals surface area contributed by atoms with Crippen molar-refractivity contribution >= 4 is 23.6 Å². The first kappa shape index (κ1) is 35.5. The predicted molar refractivity (Wildman–Crippen MR) is 198 cm³/mol. The lowest BCUT2D eigenvalue weighted by Crippen LogP contribution is -2.58. The van der Waals surface area contributed by atoms with Crippen molar-refractivity contribution in [3.63, 3.8) is 0 Å². The van der Waals surface area contributed by atoms with Gasteiger partial charge in [-0.15, -0.1) is 0 Å². The first-order valence-corrected chi connectivity index (χ1v) is 18.0. The summed E-state index contributed by atoms with van der Waals surface area (Å²) in [7, 11) is 1.74. The fraction of sp³-hybridized carbons (Fsp3) is 0.333. The first-order chi connectivity index (χ1) is 24.9. The Bertz CT molecular complexity index is 1720. The molecule has 2 aliphatic heterocycles. The highest BCUT2D eigenvalue weighted by Crippen LogP contribution is 2.36. The zero-order valence-electron chi connectivity index (χ0n) is 29.0. The summed E-state index contributed by atoms with van der Waals surface area (Å²) in [5, 5.41) is 12.5. The van der Waals surface area contributed by atoms with Crippen LogP contribution in [0.5, 0.6) is 0 Å². The normalized spacial score (nSPS) is 20.6. The molecule has 2 heterocycles. The molecule has 9 nitrogen and oxygen atoms in total. The van der Waals surface area contributed by atoms with E-state index in [0.717, 1.165) is 16.7 Å². The van der Waals surface area contributed by atoms with E-state index in [0.29, 0.717) is 50.6 Å². The van der Waals surface area contributed by atoms with Gasteiger partial charge in [-0.1, -0.05) is 109 Å². The fourth-order valence-corrected chi connectivity index (χ4v) is 7.56. The van der Waals surface area contributed by atoms with Crippen molar-refractivity contribution in [2.45, 2.75) is 68.7 Å². The molecule has 0 radical (unpaired) electrons. The van der Waals surface area contributed by atoms with Gasteiger partial charge in [0.05, 0.1) is 12.1 Å². The third-order valence-electron chi connectivity index (χ3n) is 10.3. The molecule has 2 fully saturated rings. The second kappa shape index (κ2) is 17.1. The second-order valence-corrected chi connectivity index (χ2v) is 13.5. The average molecular weight is 686 g/mol. The molecule has 2 aliphatic rings. The maximum Gasteiger partial charge on any atom is 0.251 e. The zero-order chi connectivity index (χ0) is 35.6. The lowest BCUT2D eigenvalue weighted by Gasteiger charge is -2.33. The molecule has 0 aromatic heterocycles. The molecule has 4 N–H and O–H groups in total. The van der Waals surface area contributed by atoms with Crippen LogP contribution in [0.1, 0.15) is 65.2 Å². The summed E-state index contributed by atoms with van der Waals surface area (Å²) in [5.74, 6) is -1.14. The molecule has 0 unspecified atom stereocenters. The molecule has 0 bridgehead atoms. The van der Waals surface area contributed by atoms with Crippen LogP contribution >= 0.6 is 0 Å². The molecule has 4 aromatic rings. The van der Waals surface area contributed by atoms with E-state index in [4.69, 9.17) is 0 Å². The van der Waals surface area contributed by atoms with Crippen molar-refractivity contribution in [1.82, 2.24) is 26.2 Å². The third-order valence-corrected chi connectivity index (χ3v) is 10.3. The van der Waals surface area contributed by atoms with Crippen LogP contribution in [0.4, 0.5) is 0 Å². The lowest BCUT2D eigenvalue weighted by molar-refractivity contribution is -0.143. The number of likely N-dealkylation sites (N-methyl/N-ethyl adjacent to an activating group) is 1. The van der Waals surface area contributed by atoms with Crippen molar-refractivity contribution in [3.8, 4) is 0 Å². The molecule has 2 saturated heterocycles. The van der Waals surface area contributed by atoms with Crippen molar-refractivity contribution < 1.29 is 19.2 Å². The monoisotopic (exact) mass is 685 g/mol. The number of nitrogens with one attached hydrogen (secondary N) is 4. The van der Waals surface area contributed by atoms with E-state index in [-0.39, 0.29) is 41.6 Å². The van der Waals surface area contributed by atoms with Crippen LogP contribution in [-0.4, -0.2) is 66.3 Å². The van der Waals surface area contributed by atoms with Crippen molar-refractivity contribution in [2.24, 2.45) is 5.92 Å². The SMILES string of the molecule is CN[C@H](Cc1ccccc1)C(=O)N[C@@H]1C(=O)N2[C@@H](CC[C@@H]1CCNC(=O)c1ccccc1)CC[C@H]2C(=O)NC(c1ccccc1)c1ccccc1. The van der Waals surface area contributed by atoms with Gasteiger partial charge in [-0.25, -0.2) is 0 Å². The number of nitrogens with zero attached hydrogens (tertiary/aromatic N) is 1. The number of hydrogen-bond acceptors (Lipinski definition) is 5. The smallest absolute Gasteiger partial charge is 0.251 e. The molecule has 0 aliphatic carbocycles. The molecule has 9 heteroatoms. The second-order valence-electron chi connectivity index (χ2n) is 13.5. The van der Waals surface area contributed by atoms with Crippen LogP contribution in [0.25, 0.3) is 0 Å². The Balaban J connectivity index is 1.22. The summed E-state index contributed by atoms with van der Waals surface area (Å²) in [4.78, 5) is 57.4. The maximum atomic E-state index is 14.7. The predicted octanol–water partition coefficient (Wildman–Crippen LogP) is 4.80.